The molecule has 0 radical (unpaired) electrons. The molecule has 21 heavy (non-hydrogen) atoms. The van der Waals surface area contributed by atoms with Crippen molar-refractivity contribution in [2.75, 3.05) is 5.32 Å². The topological polar surface area (TPSA) is 49.3 Å². The van der Waals surface area contributed by atoms with Crippen molar-refractivity contribution in [2.45, 2.75) is 25.8 Å². The summed E-state index contributed by atoms with van der Waals surface area (Å²) in [5, 5.41) is 12.4. The summed E-state index contributed by atoms with van der Waals surface area (Å²) in [5.74, 6) is -1.11. The molecule has 0 fully saturated rings. The van der Waals surface area contributed by atoms with Gasteiger partial charge in [0.2, 0.25) is 0 Å². The fourth-order valence-electron chi connectivity index (χ4n) is 2.86. The Hall–Kier alpha value is -2.36. The summed E-state index contributed by atoms with van der Waals surface area (Å²) in [7, 11) is 0. The fraction of sp³-hybridized carbons (Fsp3) is 0.235. The van der Waals surface area contributed by atoms with Crippen LogP contribution in [0.2, 0.25) is 0 Å². The van der Waals surface area contributed by atoms with Crippen LogP contribution in [-0.4, -0.2) is 11.1 Å². The van der Waals surface area contributed by atoms with E-state index in [0.717, 1.165) is 28.8 Å². The van der Waals surface area contributed by atoms with Crippen molar-refractivity contribution < 1.29 is 14.3 Å². The summed E-state index contributed by atoms with van der Waals surface area (Å²) in [5.41, 5.74) is 3.75. The molecule has 0 spiro atoms. The Balaban J connectivity index is 1.91. The summed E-state index contributed by atoms with van der Waals surface area (Å²) in [6, 6.07) is 10.2. The third-order valence-electron chi connectivity index (χ3n) is 4.03. The number of aryl methyl sites for hydroxylation is 1. The van der Waals surface area contributed by atoms with Crippen LogP contribution >= 0.6 is 0 Å². The van der Waals surface area contributed by atoms with Gasteiger partial charge in [0.1, 0.15) is 5.82 Å². The van der Waals surface area contributed by atoms with E-state index in [0.29, 0.717) is 6.42 Å². The van der Waals surface area contributed by atoms with Crippen LogP contribution < -0.4 is 5.32 Å². The largest absolute Gasteiger partial charge is 0.478 e. The van der Waals surface area contributed by atoms with Gasteiger partial charge in [-0.05, 0) is 54.7 Å². The highest BCUT2D eigenvalue weighted by Crippen LogP contribution is 2.35. The van der Waals surface area contributed by atoms with Gasteiger partial charge in [0.05, 0.1) is 11.6 Å². The predicted molar refractivity (Wildman–Crippen MR) is 79.2 cm³/mol. The quantitative estimate of drug-likeness (QED) is 0.898. The zero-order valence-corrected chi connectivity index (χ0v) is 11.7. The molecule has 0 amide bonds. The second-order valence-corrected chi connectivity index (χ2v) is 5.38. The molecule has 2 N–H and O–H groups in total. The van der Waals surface area contributed by atoms with Crippen molar-refractivity contribution in [3.05, 3.63) is 64.5 Å². The highest BCUT2D eigenvalue weighted by molar-refractivity contribution is 5.89. The summed E-state index contributed by atoms with van der Waals surface area (Å²) < 4.78 is 13.7. The van der Waals surface area contributed by atoms with Crippen molar-refractivity contribution >= 4 is 11.7 Å². The minimum Gasteiger partial charge on any atom is -0.478 e. The van der Waals surface area contributed by atoms with E-state index in [1.165, 1.54) is 6.07 Å². The molecule has 3 rings (SSSR count). The Morgan fingerprint density at radius 1 is 1.33 bits per heavy atom. The van der Waals surface area contributed by atoms with Gasteiger partial charge < -0.3 is 10.4 Å². The number of halogens is 1. The van der Waals surface area contributed by atoms with Gasteiger partial charge in [-0.2, -0.15) is 0 Å². The Morgan fingerprint density at radius 3 is 2.90 bits per heavy atom. The highest BCUT2D eigenvalue weighted by atomic mass is 19.1. The van der Waals surface area contributed by atoms with Gasteiger partial charge in [-0.3, -0.25) is 0 Å². The number of hydrogen-bond acceptors (Lipinski definition) is 2. The summed E-state index contributed by atoms with van der Waals surface area (Å²) in [6.45, 7) is 1.93. The molecule has 3 nitrogen and oxygen atoms in total. The lowest BCUT2D eigenvalue weighted by atomic mass is 10.1. The molecule has 1 atom stereocenters. The van der Waals surface area contributed by atoms with E-state index in [1.807, 2.05) is 13.0 Å². The van der Waals surface area contributed by atoms with Crippen molar-refractivity contribution in [3.8, 4) is 0 Å². The molecule has 0 aromatic heterocycles. The van der Waals surface area contributed by atoms with Crippen molar-refractivity contribution in [3.63, 3.8) is 0 Å². The maximum absolute atomic E-state index is 13.7. The van der Waals surface area contributed by atoms with Gasteiger partial charge in [0, 0.05) is 5.69 Å². The molecule has 2 aromatic rings. The van der Waals surface area contributed by atoms with Gasteiger partial charge in [-0.1, -0.05) is 18.2 Å². The van der Waals surface area contributed by atoms with Gasteiger partial charge >= 0.3 is 5.97 Å². The van der Waals surface area contributed by atoms with E-state index in [-0.39, 0.29) is 17.4 Å². The molecule has 0 saturated heterocycles. The molecule has 1 aliphatic carbocycles. The number of anilines is 1. The van der Waals surface area contributed by atoms with E-state index in [1.54, 1.807) is 24.3 Å². The lowest BCUT2D eigenvalue weighted by Gasteiger charge is -2.18. The zero-order chi connectivity index (χ0) is 15.0. The lowest BCUT2D eigenvalue weighted by molar-refractivity contribution is 0.0697. The lowest BCUT2D eigenvalue weighted by Crippen LogP contribution is -2.09. The second-order valence-electron chi connectivity index (χ2n) is 5.38. The minimum atomic E-state index is -0.948. The first-order valence-corrected chi connectivity index (χ1v) is 6.94. The van der Waals surface area contributed by atoms with Crippen molar-refractivity contribution in [1.82, 2.24) is 0 Å². The molecule has 1 aliphatic rings. The summed E-state index contributed by atoms with van der Waals surface area (Å²) in [6.07, 6.45) is 1.52. The Kier molecular flexibility index (Phi) is 3.37. The van der Waals surface area contributed by atoms with Crippen LogP contribution in [0.15, 0.2) is 36.4 Å². The molecule has 0 aliphatic heterocycles. The molecule has 108 valence electrons. The van der Waals surface area contributed by atoms with Gasteiger partial charge in [0.25, 0.3) is 0 Å². The average molecular weight is 285 g/mol. The SMILES string of the molecule is Cc1ccc(C(=O)O)cc1NC1CCc2c(F)cccc21. The van der Waals surface area contributed by atoms with Crippen LogP contribution in [0.5, 0.6) is 0 Å². The van der Waals surface area contributed by atoms with Crippen LogP contribution in [0.4, 0.5) is 10.1 Å². The number of nitrogens with one attached hydrogen (secondary N) is 1. The summed E-state index contributed by atoms with van der Waals surface area (Å²) >= 11 is 0. The summed E-state index contributed by atoms with van der Waals surface area (Å²) in [4.78, 5) is 11.1. The van der Waals surface area contributed by atoms with Gasteiger partial charge in [-0.25, -0.2) is 9.18 Å². The maximum Gasteiger partial charge on any atom is 0.335 e. The average Bonchev–Trinajstić information content (AvgIpc) is 2.86. The molecule has 1 unspecified atom stereocenters. The maximum atomic E-state index is 13.7. The minimum absolute atomic E-state index is 0.0263. The first kappa shape index (κ1) is 13.6. The first-order valence-electron chi connectivity index (χ1n) is 6.94. The third kappa shape index (κ3) is 2.49. The van der Waals surface area contributed by atoms with E-state index >= 15 is 0 Å². The predicted octanol–water partition coefficient (Wildman–Crippen LogP) is 3.93. The van der Waals surface area contributed by atoms with Crippen LogP contribution in [-0.2, 0) is 6.42 Å². The van der Waals surface area contributed by atoms with E-state index in [4.69, 9.17) is 5.11 Å². The number of rotatable bonds is 3. The molecular formula is C17H16FNO2. The van der Waals surface area contributed by atoms with E-state index in [9.17, 15) is 9.18 Å². The number of carboxylic acid groups (broad SMARTS) is 1. The second kappa shape index (κ2) is 5.20. The molecule has 0 heterocycles. The molecule has 0 bridgehead atoms. The van der Waals surface area contributed by atoms with Gasteiger partial charge in [0.15, 0.2) is 0 Å². The molecule has 2 aromatic carbocycles. The number of fused-ring (bicyclic) bond motifs is 1. The smallest absolute Gasteiger partial charge is 0.335 e. The van der Waals surface area contributed by atoms with Crippen molar-refractivity contribution in [2.24, 2.45) is 0 Å². The van der Waals surface area contributed by atoms with Gasteiger partial charge in [-0.15, -0.1) is 0 Å². The highest BCUT2D eigenvalue weighted by Gasteiger charge is 2.25. The molecule has 4 heteroatoms. The van der Waals surface area contributed by atoms with Crippen LogP contribution in [0.25, 0.3) is 0 Å². The van der Waals surface area contributed by atoms with E-state index in [2.05, 4.69) is 5.32 Å². The first-order chi connectivity index (χ1) is 10.1. The standard InChI is InChI=1S/C17H16FNO2/c1-10-5-6-11(17(20)21)9-16(10)19-15-8-7-12-13(15)3-2-4-14(12)18/h2-6,9,15,19H,7-8H2,1H3,(H,20,21). The molecule has 0 saturated carbocycles. The Bertz CT molecular complexity index is 712. The van der Waals surface area contributed by atoms with Crippen molar-refractivity contribution in [1.29, 1.82) is 0 Å². The number of aromatic carboxylic acids is 1. The molecular weight excluding hydrogens is 269 g/mol. The Morgan fingerprint density at radius 2 is 2.14 bits per heavy atom. The number of carboxylic acids is 1. The fourth-order valence-corrected chi connectivity index (χ4v) is 2.86. The third-order valence-corrected chi connectivity index (χ3v) is 4.03. The normalized spacial score (nSPS) is 16.6. The number of carbonyl (C=O) groups is 1. The van der Waals surface area contributed by atoms with Crippen LogP contribution in [0, 0.1) is 12.7 Å². The Labute approximate surface area is 122 Å². The zero-order valence-electron chi connectivity index (χ0n) is 11.7. The van der Waals surface area contributed by atoms with Crippen LogP contribution in [0.3, 0.4) is 0 Å². The van der Waals surface area contributed by atoms with Crippen LogP contribution in [0.1, 0.15) is 39.5 Å². The number of hydrogen-bond donors (Lipinski definition) is 2. The monoisotopic (exact) mass is 285 g/mol. The van der Waals surface area contributed by atoms with E-state index < -0.39 is 5.97 Å². The number of benzene rings is 2.